The van der Waals surface area contributed by atoms with E-state index >= 15 is 0 Å². The highest BCUT2D eigenvalue weighted by atomic mass is 16.2. The van der Waals surface area contributed by atoms with Crippen LogP contribution in [0.4, 0.5) is 0 Å². The lowest BCUT2D eigenvalue weighted by Gasteiger charge is -2.39. The van der Waals surface area contributed by atoms with Gasteiger partial charge in [-0.15, -0.1) is 0 Å². The summed E-state index contributed by atoms with van der Waals surface area (Å²) in [4.78, 5) is 27.2. The van der Waals surface area contributed by atoms with Crippen LogP contribution in [0.5, 0.6) is 0 Å². The molecule has 0 aromatic carbocycles. The van der Waals surface area contributed by atoms with Gasteiger partial charge in [0.1, 0.15) is 0 Å². The smallest absolute Gasteiger partial charge is 0.239 e. The van der Waals surface area contributed by atoms with E-state index in [0.717, 1.165) is 77.2 Å². The number of nitrogens with zero attached hydrogens (tertiary/aromatic N) is 5. The van der Waals surface area contributed by atoms with Crippen molar-refractivity contribution < 1.29 is 4.79 Å². The molecule has 7 heteroatoms. The minimum Gasteiger partial charge on any atom is -0.357 e. The van der Waals surface area contributed by atoms with E-state index < -0.39 is 0 Å². The summed E-state index contributed by atoms with van der Waals surface area (Å²) < 4.78 is 0. The lowest BCUT2D eigenvalue weighted by atomic mass is 10.1. The summed E-state index contributed by atoms with van der Waals surface area (Å²) in [6.45, 7) is 14.2. The van der Waals surface area contributed by atoms with Crippen LogP contribution in [-0.4, -0.2) is 109 Å². The van der Waals surface area contributed by atoms with Crippen LogP contribution in [0.25, 0.3) is 0 Å². The molecule has 0 aromatic heterocycles. The highest BCUT2D eigenvalue weighted by Crippen LogP contribution is 2.31. The van der Waals surface area contributed by atoms with Crippen molar-refractivity contribution in [2.24, 2.45) is 10.9 Å². The fourth-order valence-electron chi connectivity index (χ4n) is 5.10. The molecule has 164 valence electrons. The topological polar surface area (TPSA) is 54.4 Å². The number of carbonyl (C=O) groups excluding carboxylic acids is 1. The van der Waals surface area contributed by atoms with Gasteiger partial charge in [0.25, 0.3) is 0 Å². The molecule has 4 rings (SSSR count). The molecule has 0 radical (unpaired) electrons. The molecule has 0 spiro atoms. The molecule has 3 heterocycles. The molecule has 3 saturated heterocycles. The van der Waals surface area contributed by atoms with E-state index in [-0.39, 0.29) is 6.04 Å². The number of piperazine rings is 1. The fraction of sp³-hybridized carbons (Fsp3) is 0.909. The number of likely N-dealkylation sites (tertiary alicyclic amines) is 2. The van der Waals surface area contributed by atoms with Crippen LogP contribution in [0.1, 0.15) is 46.0 Å². The molecule has 1 aliphatic carbocycles. The third-order valence-corrected chi connectivity index (χ3v) is 7.15. The first-order valence-corrected chi connectivity index (χ1v) is 12.0. The quantitative estimate of drug-likeness (QED) is 0.530. The standard InChI is InChI=1S/C22H40N6O/c1-3-23-22(24-16-19-8-11-28(17-19)20-6-7-20)27-14-12-25(13-15-27)18(2)21(29)26-9-4-5-10-26/h18-20H,3-17H2,1-2H3,(H,23,24). The number of guanidine groups is 1. The van der Waals surface area contributed by atoms with Gasteiger partial charge >= 0.3 is 0 Å². The van der Waals surface area contributed by atoms with Crippen molar-refractivity contribution in [1.29, 1.82) is 0 Å². The average molecular weight is 405 g/mol. The summed E-state index contributed by atoms with van der Waals surface area (Å²) >= 11 is 0. The van der Waals surface area contributed by atoms with Gasteiger partial charge in [0.15, 0.2) is 5.96 Å². The Bertz CT molecular complexity index is 578. The molecule has 0 aromatic rings. The average Bonchev–Trinajstić information content (AvgIpc) is 3.25. The molecule has 3 aliphatic heterocycles. The van der Waals surface area contributed by atoms with Crippen molar-refractivity contribution in [2.75, 3.05) is 65.4 Å². The molecule has 4 aliphatic rings. The lowest BCUT2D eigenvalue weighted by molar-refractivity contribution is -0.135. The van der Waals surface area contributed by atoms with Gasteiger partial charge in [-0.1, -0.05) is 0 Å². The van der Waals surface area contributed by atoms with Crippen LogP contribution < -0.4 is 5.32 Å². The van der Waals surface area contributed by atoms with Gasteiger partial charge < -0.3 is 20.0 Å². The van der Waals surface area contributed by atoms with Crippen LogP contribution >= 0.6 is 0 Å². The summed E-state index contributed by atoms with van der Waals surface area (Å²) in [5, 5.41) is 3.50. The van der Waals surface area contributed by atoms with E-state index in [1.807, 2.05) is 0 Å². The number of aliphatic imine (C=N–C) groups is 1. The second-order valence-corrected chi connectivity index (χ2v) is 9.31. The zero-order chi connectivity index (χ0) is 20.2. The molecule has 2 atom stereocenters. The van der Waals surface area contributed by atoms with E-state index in [1.165, 1.54) is 32.4 Å². The Balaban J connectivity index is 1.26. The van der Waals surface area contributed by atoms with E-state index in [2.05, 4.69) is 38.8 Å². The van der Waals surface area contributed by atoms with E-state index in [4.69, 9.17) is 4.99 Å². The summed E-state index contributed by atoms with van der Waals surface area (Å²) in [6.07, 6.45) is 6.43. The zero-order valence-electron chi connectivity index (χ0n) is 18.5. The van der Waals surface area contributed by atoms with E-state index in [0.29, 0.717) is 11.8 Å². The van der Waals surface area contributed by atoms with Gasteiger partial charge in [0.05, 0.1) is 6.04 Å². The van der Waals surface area contributed by atoms with Crippen LogP contribution in [0.2, 0.25) is 0 Å². The molecule has 1 N–H and O–H groups in total. The Morgan fingerprint density at radius 1 is 1.00 bits per heavy atom. The van der Waals surface area contributed by atoms with E-state index in [9.17, 15) is 4.79 Å². The first kappa shape index (κ1) is 20.9. The first-order valence-electron chi connectivity index (χ1n) is 12.0. The summed E-state index contributed by atoms with van der Waals surface area (Å²) in [6, 6.07) is 0.886. The van der Waals surface area contributed by atoms with Crippen LogP contribution in [0.15, 0.2) is 4.99 Å². The number of carbonyl (C=O) groups is 1. The molecular formula is C22H40N6O. The Labute approximate surface area is 176 Å². The van der Waals surface area contributed by atoms with Crippen molar-refractivity contribution in [3.05, 3.63) is 0 Å². The van der Waals surface area contributed by atoms with Crippen molar-refractivity contribution in [3.8, 4) is 0 Å². The summed E-state index contributed by atoms with van der Waals surface area (Å²) in [7, 11) is 0. The highest BCUT2D eigenvalue weighted by Gasteiger charge is 2.34. The van der Waals surface area contributed by atoms with Gasteiger partial charge in [-0.3, -0.25) is 14.7 Å². The highest BCUT2D eigenvalue weighted by molar-refractivity contribution is 5.82. The molecule has 0 bridgehead atoms. The molecular weight excluding hydrogens is 364 g/mol. The molecule has 29 heavy (non-hydrogen) atoms. The normalized spacial score (nSPS) is 28.2. The van der Waals surface area contributed by atoms with Crippen molar-refractivity contribution in [2.45, 2.75) is 58.0 Å². The van der Waals surface area contributed by atoms with Gasteiger partial charge in [-0.05, 0) is 58.4 Å². The SMILES string of the molecule is CCNC(=NCC1CCN(C2CC2)C1)N1CCN(C(C)C(=O)N2CCCC2)CC1. The summed E-state index contributed by atoms with van der Waals surface area (Å²) in [5.74, 6) is 2.09. The van der Waals surface area contributed by atoms with Gasteiger partial charge in [-0.2, -0.15) is 0 Å². The van der Waals surface area contributed by atoms with Crippen LogP contribution in [0.3, 0.4) is 0 Å². The number of hydrogen-bond donors (Lipinski definition) is 1. The Morgan fingerprint density at radius 2 is 1.72 bits per heavy atom. The third kappa shape index (κ3) is 5.23. The van der Waals surface area contributed by atoms with Gasteiger partial charge in [0, 0.05) is 64.9 Å². The maximum absolute atomic E-state index is 12.7. The second kappa shape index (κ2) is 9.65. The van der Waals surface area contributed by atoms with Crippen molar-refractivity contribution in [1.82, 2.24) is 24.9 Å². The van der Waals surface area contributed by atoms with Crippen molar-refractivity contribution >= 4 is 11.9 Å². The third-order valence-electron chi connectivity index (χ3n) is 7.15. The van der Waals surface area contributed by atoms with Gasteiger partial charge in [-0.25, -0.2) is 0 Å². The minimum atomic E-state index is 0.00155. The minimum absolute atomic E-state index is 0.00155. The predicted octanol–water partition coefficient (Wildman–Crippen LogP) is 1.06. The number of hydrogen-bond acceptors (Lipinski definition) is 4. The number of amides is 1. The lowest BCUT2D eigenvalue weighted by Crippen LogP contribution is -2.57. The van der Waals surface area contributed by atoms with E-state index in [1.54, 1.807) is 0 Å². The number of rotatable bonds is 6. The summed E-state index contributed by atoms with van der Waals surface area (Å²) in [5.41, 5.74) is 0. The molecule has 4 fully saturated rings. The van der Waals surface area contributed by atoms with Gasteiger partial charge in [0.2, 0.25) is 5.91 Å². The Morgan fingerprint density at radius 3 is 2.38 bits per heavy atom. The maximum atomic E-state index is 12.7. The van der Waals surface area contributed by atoms with Crippen LogP contribution in [-0.2, 0) is 4.79 Å². The second-order valence-electron chi connectivity index (χ2n) is 9.31. The fourth-order valence-corrected chi connectivity index (χ4v) is 5.10. The largest absolute Gasteiger partial charge is 0.357 e. The molecule has 1 amide bonds. The monoisotopic (exact) mass is 404 g/mol. The zero-order valence-corrected chi connectivity index (χ0v) is 18.5. The molecule has 1 saturated carbocycles. The first-order chi connectivity index (χ1) is 14.2. The molecule has 2 unspecified atom stereocenters. The number of nitrogens with one attached hydrogen (secondary N) is 1. The van der Waals surface area contributed by atoms with Crippen LogP contribution in [0, 0.1) is 5.92 Å². The van der Waals surface area contributed by atoms with Crippen molar-refractivity contribution in [3.63, 3.8) is 0 Å². The predicted molar refractivity (Wildman–Crippen MR) is 117 cm³/mol. The Kier molecular flexibility index (Phi) is 6.96. The Hall–Kier alpha value is -1.34. The molecule has 7 nitrogen and oxygen atoms in total. The maximum Gasteiger partial charge on any atom is 0.239 e.